The van der Waals surface area contributed by atoms with Crippen LogP contribution in [0.4, 0.5) is 0 Å². The lowest BCUT2D eigenvalue weighted by atomic mass is 10.1. The first-order chi connectivity index (χ1) is 10.3. The molecule has 0 fully saturated rings. The second-order valence-corrected chi connectivity index (χ2v) is 4.74. The van der Waals surface area contributed by atoms with Gasteiger partial charge in [0.25, 0.3) is 5.82 Å². The van der Waals surface area contributed by atoms with Crippen molar-refractivity contribution in [2.75, 3.05) is 13.2 Å². The second kappa shape index (κ2) is 5.90. The van der Waals surface area contributed by atoms with Gasteiger partial charge in [0.2, 0.25) is 0 Å². The number of carbonyl (C=O) groups excluding carboxylic acids is 1. The summed E-state index contributed by atoms with van der Waals surface area (Å²) in [5, 5.41) is 11.1. The molecule has 110 valence electrons. The first-order valence-electron chi connectivity index (χ1n) is 6.96. The van der Waals surface area contributed by atoms with Crippen LogP contribution in [0.1, 0.15) is 28.7 Å². The molecule has 21 heavy (non-hydrogen) atoms. The molecule has 0 spiro atoms. The number of tetrazole rings is 1. The van der Waals surface area contributed by atoms with Gasteiger partial charge in [0, 0.05) is 13.0 Å². The molecule has 1 aliphatic rings. The van der Waals surface area contributed by atoms with Gasteiger partial charge in [0.05, 0.1) is 13.2 Å². The molecule has 0 aliphatic carbocycles. The second-order valence-electron chi connectivity index (χ2n) is 4.74. The van der Waals surface area contributed by atoms with Crippen LogP contribution in [0.3, 0.4) is 0 Å². The van der Waals surface area contributed by atoms with Crippen LogP contribution in [-0.2, 0) is 24.1 Å². The zero-order valence-electron chi connectivity index (χ0n) is 11.8. The lowest BCUT2D eigenvalue weighted by Gasteiger charge is -2.06. The summed E-state index contributed by atoms with van der Waals surface area (Å²) < 4.78 is 11.9. The fourth-order valence-corrected chi connectivity index (χ4v) is 2.33. The summed E-state index contributed by atoms with van der Waals surface area (Å²) in [4.78, 5) is 11.7. The Bertz CT molecular complexity index is 653. The van der Waals surface area contributed by atoms with Crippen molar-refractivity contribution >= 4 is 5.97 Å². The van der Waals surface area contributed by atoms with E-state index in [0.717, 1.165) is 25.2 Å². The Balaban J connectivity index is 1.68. The molecule has 0 unspecified atom stereocenters. The van der Waals surface area contributed by atoms with Gasteiger partial charge in [0.15, 0.2) is 0 Å². The van der Waals surface area contributed by atoms with E-state index in [9.17, 15) is 4.79 Å². The molecule has 0 atom stereocenters. The number of esters is 1. The van der Waals surface area contributed by atoms with E-state index in [-0.39, 0.29) is 5.82 Å². The molecule has 2 heterocycles. The Morgan fingerprint density at radius 2 is 2.38 bits per heavy atom. The van der Waals surface area contributed by atoms with E-state index < -0.39 is 5.97 Å². The number of hydrogen-bond donors (Lipinski definition) is 0. The van der Waals surface area contributed by atoms with E-state index in [0.29, 0.717) is 13.2 Å². The molecule has 7 heteroatoms. The van der Waals surface area contributed by atoms with Gasteiger partial charge in [-0.2, -0.15) is 0 Å². The SMILES string of the molecule is CCOC(=O)c1nnnn1CCc1ccc2c(c1)CCO2. The first-order valence-corrected chi connectivity index (χ1v) is 6.96. The van der Waals surface area contributed by atoms with Crippen LogP contribution < -0.4 is 4.74 Å². The van der Waals surface area contributed by atoms with E-state index in [1.54, 1.807) is 6.92 Å². The van der Waals surface area contributed by atoms with E-state index >= 15 is 0 Å². The Morgan fingerprint density at radius 1 is 1.48 bits per heavy atom. The third kappa shape index (κ3) is 2.86. The maximum atomic E-state index is 11.7. The van der Waals surface area contributed by atoms with Crippen molar-refractivity contribution in [1.29, 1.82) is 0 Å². The summed E-state index contributed by atoms with van der Waals surface area (Å²) in [5.41, 5.74) is 2.40. The smallest absolute Gasteiger partial charge is 0.378 e. The topological polar surface area (TPSA) is 79.1 Å². The summed E-state index contributed by atoms with van der Waals surface area (Å²) in [6.45, 7) is 3.33. The van der Waals surface area contributed by atoms with Crippen molar-refractivity contribution in [3.8, 4) is 5.75 Å². The van der Waals surface area contributed by atoms with Crippen LogP contribution in [0.2, 0.25) is 0 Å². The molecule has 2 aromatic rings. The predicted molar refractivity (Wildman–Crippen MR) is 73.1 cm³/mol. The van der Waals surface area contributed by atoms with Gasteiger partial charge >= 0.3 is 5.97 Å². The largest absolute Gasteiger partial charge is 0.493 e. The summed E-state index contributed by atoms with van der Waals surface area (Å²) in [6, 6.07) is 6.15. The fourth-order valence-electron chi connectivity index (χ4n) is 2.33. The van der Waals surface area contributed by atoms with Crippen LogP contribution in [0.25, 0.3) is 0 Å². The number of aromatic nitrogens is 4. The zero-order valence-corrected chi connectivity index (χ0v) is 11.8. The molecule has 0 bridgehead atoms. The summed E-state index contributed by atoms with van der Waals surface area (Å²) >= 11 is 0. The van der Waals surface area contributed by atoms with Crippen molar-refractivity contribution in [2.45, 2.75) is 26.3 Å². The van der Waals surface area contributed by atoms with Gasteiger partial charge in [-0.15, -0.1) is 5.10 Å². The number of rotatable bonds is 5. The van der Waals surface area contributed by atoms with E-state index in [1.807, 2.05) is 12.1 Å². The van der Waals surface area contributed by atoms with E-state index in [4.69, 9.17) is 9.47 Å². The molecule has 0 saturated carbocycles. The lowest BCUT2D eigenvalue weighted by molar-refractivity contribution is 0.0504. The van der Waals surface area contributed by atoms with Crippen molar-refractivity contribution in [3.05, 3.63) is 35.2 Å². The molecule has 0 amide bonds. The van der Waals surface area contributed by atoms with Crippen molar-refractivity contribution < 1.29 is 14.3 Å². The third-order valence-corrected chi connectivity index (χ3v) is 3.36. The highest BCUT2D eigenvalue weighted by molar-refractivity contribution is 5.85. The Kier molecular flexibility index (Phi) is 3.81. The van der Waals surface area contributed by atoms with Crippen molar-refractivity contribution in [2.24, 2.45) is 0 Å². The Morgan fingerprint density at radius 3 is 3.24 bits per heavy atom. The van der Waals surface area contributed by atoms with Crippen molar-refractivity contribution in [1.82, 2.24) is 20.2 Å². The standard InChI is InChI=1S/C14H16N4O3/c1-2-20-14(19)13-15-16-17-18(13)7-5-10-3-4-12-11(9-10)6-8-21-12/h3-4,9H,2,5-8H2,1H3. The third-order valence-electron chi connectivity index (χ3n) is 3.36. The molecule has 1 aliphatic heterocycles. The molecule has 0 saturated heterocycles. The van der Waals surface area contributed by atoms with Gasteiger partial charge in [-0.25, -0.2) is 9.48 Å². The molecule has 1 aromatic carbocycles. The fraction of sp³-hybridized carbons (Fsp3) is 0.429. The lowest BCUT2D eigenvalue weighted by Crippen LogP contribution is -2.15. The number of aryl methyl sites for hydroxylation is 2. The Hall–Kier alpha value is -2.44. The van der Waals surface area contributed by atoms with Crippen molar-refractivity contribution in [3.63, 3.8) is 0 Å². The van der Waals surface area contributed by atoms with Crippen LogP contribution in [0, 0.1) is 0 Å². The minimum atomic E-state index is -0.496. The summed E-state index contributed by atoms with van der Waals surface area (Å²) in [6.07, 6.45) is 1.69. The minimum Gasteiger partial charge on any atom is -0.493 e. The molecule has 1 aromatic heterocycles. The van der Waals surface area contributed by atoms with Gasteiger partial charge in [0.1, 0.15) is 5.75 Å². The Labute approximate surface area is 121 Å². The van der Waals surface area contributed by atoms with E-state index in [2.05, 4.69) is 21.6 Å². The van der Waals surface area contributed by atoms with Crippen LogP contribution >= 0.6 is 0 Å². The van der Waals surface area contributed by atoms with Crippen LogP contribution in [-0.4, -0.2) is 39.4 Å². The molecule has 0 N–H and O–H groups in total. The number of hydrogen-bond acceptors (Lipinski definition) is 6. The average Bonchev–Trinajstić information content (AvgIpc) is 3.13. The number of carbonyl (C=O) groups is 1. The zero-order chi connectivity index (χ0) is 14.7. The van der Waals surface area contributed by atoms with Gasteiger partial charge < -0.3 is 9.47 Å². The molecule has 0 radical (unpaired) electrons. The number of fused-ring (bicyclic) bond motifs is 1. The summed E-state index contributed by atoms with van der Waals surface area (Å²) in [5.74, 6) is 0.611. The number of nitrogens with zero attached hydrogens (tertiary/aromatic N) is 4. The maximum absolute atomic E-state index is 11.7. The first kappa shape index (κ1) is 13.5. The summed E-state index contributed by atoms with van der Waals surface area (Å²) in [7, 11) is 0. The molecular formula is C14H16N4O3. The van der Waals surface area contributed by atoms with E-state index in [1.165, 1.54) is 15.8 Å². The number of ether oxygens (including phenoxy) is 2. The molecular weight excluding hydrogens is 272 g/mol. The monoisotopic (exact) mass is 288 g/mol. The highest BCUT2D eigenvalue weighted by Crippen LogP contribution is 2.26. The predicted octanol–water partition coefficient (Wildman–Crippen LogP) is 1.03. The minimum absolute atomic E-state index is 0.140. The van der Waals surface area contributed by atoms with Crippen LogP contribution in [0.5, 0.6) is 5.75 Å². The number of benzene rings is 1. The normalized spacial score (nSPS) is 12.8. The van der Waals surface area contributed by atoms with Gasteiger partial charge in [-0.05, 0) is 41.0 Å². The maximum Gasteiger partial charge on any atom is 0.378 e. The highest BCUT2D eigenvalue weighted by atomic mass is 16.5. The molecule has 7 nitrogen and oxygen atoms in total. The molecule has 3 rings (SSSR count). The van der Waals surface area contributed by atoms with Gasteiger partial charge in [-0.3, -0.25) is 0 Å². The van der Waals surface area contributed by atoms with Crippen LogP contribution in [0.15, 0.2) is 18.2 Å². The average molecular weight is 288 g/mol. The highest BCUT2D eigenvalue weighted by Gasteiger charge is 2.17. The quantitative estimate of drug-likeness (QED) is 0.764. The van der Waals surface area contributed by atoms with Gasteiger partial charge in [-0.1, -0.05) is 12.1 Å².